The van der Waals surface area contributed by atoms with Crippen LogP contribution >= 0.6 is 0 Å². The zero-order valence-corrected chi connectivity index (χ0v) is 11.0. The Morgan fingerprint density at radius 1 is 1.19 bits per heavy atom. The minimum absolute atomic E-state index is 0.220. The molecule has 0 aliphatic carbocycles. The van der Waals surface area contributed by atoms with E-state index in [4.69, 9.17) is 0 Å². The summed E-state index contributed by atoms with van der Waals surface area (Å²) in [5, 5.41) is 3.29. The molecule has 1 spiro atoms. The number of nitrogens with zero attached hydrogens (tertiary/aromatic N) is 1. The third-order valence-corrected chi connectivity index (χ3v) is 5.32. The molecule has 0 aromatic rings. The third kappa shape index (κ3) is 1.88. The van der Waals surface area contributed by atoms with Gasteiger partial charge in [0.15, 0.2) is 0 Å². The van der Waals surface area contributed by atoms with Gasteiger partial charge in [-0.3, -0.25) is 0 Å². The van der Waals surface area contributed by atoms with Gasteiger partial charge in [-0.15, -0.1) is 0 Å². The Bertz CT molecular complexity index is 366. The van der Waals surface area contributed by atoms with Crippen LogP contribution in [-0.4, -0.2) is 43.4 Å². The van der Waals surface area contributed by atoms with Crippen molar-refractivity contribution in [2.45, 2.75) is 44.7 Å². The van der Waals surface area contributed by atoms with Gasteiger partial charge in [0.1, 0.15) is 0 Å². The Morgan fingerprint density at radius 3 is 2.25 bits per heavy atom. The highest BCUT2D eigenvalue weighted by Gasteiger charge is 2.54. The number of piperidine rings is 1. The lowest BCUT2D eigenvalue weighted by Gasteiger charge is -2.45. The summed E-state index contributed by atoms with van der Waals surface area (Å²) in [7, 11) is -3.30. The van der Waals surface area contributed by atoms with E-state index in [1.807, 2.05) is 20.8 Å². The van der Waals surface area contributed by atoms with Gasteiger partial charge in [0, 0.05) is 12.1 Å². The van der Waals surface area contributed by atoms with Gasteiger partial charge in [-0.25, -0.2) is 4.72 Å². The molecule has 16 heavy (non-hydrogen) atoms. The van der Waals surface area contributed by atoms with Crippen molar-refractivity contribution in [2.24, 2.45) is 0 Å². The van der Waals surface area contributed by atoms with Gasteiger partial charge in [-0.05, 0) is 46.7 Å². The van der Waals surface area contributed by atoms with Crippen molar-refractivity contribution in [2.75, 3.05) is 19.6 Å². The number of nitrogens with one attached hydrogen (secondary N) is 2. The molecule has 0 unspecified atom stereocenters. The highest BCUT2D eigenvalue weighted by Crippen LogP contribution is 2.38. The first kappa shape index (κ1) is 12.3. The summed E-state index contributed by atoms with van der Waals surface area (Å²) >= 11 is 0. The van der Waals surface area contributed by atoms with E-state index in [0.717, 1.165) is 25.9 Å². The normalized spacial score (nSPS) is 29.7. The lowest BCUT2D eigenvalue weighted by Crippen LogP contribution is -2.59. The fraction of sp³-hybridized carbons (Fsp3) is 1.00. The maximum atomic E-state index is 12.1. The number of hydrogen-bond donors (Lipinski definition) is 2. The van der Waals surface area contributed by atoms with Crippen LogP contribution in [0.1, 0.15) is 33.6 Å². The van der Waals surface area contributed by atoms with Gasteiger partial charge >= 0.3 is 0 Å². The molecule has 2 heterocycles. The van der Waals surface area contributed by atoms with Crippen LogP contribution in [0.3, 0.4) is 0 Å². The zero-order chi connectivity index (χ0) is 12.0. The zero-order valence-electron chi connectivity index (χ0n) is 10.2. The molecule has 0 amide bonds. The van der Waals surface area contributed by atoms with E-state index in [-0.39, 0.29) is 11.1 Å². The number of hydrogen-bond acceptors (Lipinski definition) is 3. The molecule has 0 aromatic carbocycles. The van der Waals surface area contributed by atoms with Gasteiger partial charge in [-0.2, -0.15) is 12.7 Å². The molecule has 2 rings (SSSR count). The van der Waals surface area contributed by atoms with E-state index < -0.39 is 10.2 Å². The average molecular weight is 247 g/mol. The minimum atomic E-state index is -3.30. The van der Waals surface area contributed by atoms with E-state index in [1.165, 1.54) is 0 Å². The molecule has 0 atom stereocenters. The second kappa shape index (κ2) is 3.66. The summed E-state index contributed by atoms with van der Waals surface area (Å²) in [6.45, 7) is 8.21. The van der Waals surface area contributed by atoms with Gasteiger partial charge in [-0.1, -0.05) is 0 Å². The summed E-state index contributed by atoms with van der Waals surface area (Å²) in [6.07, 6.45) is 1.77. The van der Waals surface area contributed by atoms with Gasteiger partial charge in [0.05, 0.1) is 5.54 Å². The van der Waals surface area contributed by atoms with Crippen molar-refractivity contribution >= 4 is 10.2 Å². The summed E-state index contributed by atoms with van der Waals surface area (Å²) in [5.41, 5.74) is -0.581. The van der Waals surface area contributed by atoms with Gasteiger partial charge in [0.25, 0.3) is 10.2 Å². The highest BCUT2D eigenvalue weighted by atomic mass is 32.2. The lowest BCUT2D eigenvalue weighted by atomic mass is 9.86. The van der Waals surface area contributed by atoms with E-state index in [0.29, 0.717) is 6.54 Å². The van der Waals surface area contributed by atoms with E-state index in [9.17, 15) is 8.42 Å². The SMILES string of the molecule is CC(C)(C)N1C2(CCNCC2)CNS1(=O)=O. The van der Waals surface area contributed by atoms with E-state index in [2.05, 4.69) is 10.0 Å². The molecule has 5 nitrogen and oxygen atoms in total. The fourth-order valence-corrected chi connectivity index (χ4v) is 5.02. The standard InChI is InChI=1S/C10H21N3O2S/c1-9(2,3)13-10(4-6-11-7-5-10)8-12-16(13,14)15/h11-12H,4-8H2,1-3H3. The first-order chi connectivity index (χ1) is 7.28. The van der Waals surface area contributed by atoms with Crippen molar-refractivity contribution in [3.05, 3.63) is 0 Å². The van der Waals surface area contributed by atoms with Crippen molar-refractivity contribution in [3.8, 4) is 0 Å². The summed E-state index contributed by atoms with van der Waals surface area (Å²) in [5.74, 6) is 0. The Morgan fingerprint density at radius 2 is 1.75 bits per heavy atom. The van der Waals surface area contributed by atoms with Crippen LogP contribution in [0, 0.1) is 0 Å². The molecular formula is C10H21N3O2S. The molecule has 2 aliphatic rings. The van der Waals surface area contributed by atoms with Crippen molar-refractivity contribution in [1.29, 1.82) is 0 Å². The summed E-state index contributed by atoms with van der Waals surface area (Å²) in [6, 6.07) is 0. The predicted octanol–water partition coefficient (Wildman–Crippen LogP) is 0.0571. The molecule has 0 saturated carbocycles. The monoisotopic (exact) mass is 247 g/mol. The van der Waals surface area contributed by atoms with Crippen LogP contribution in [0.5, 0.6) is 0 Å². The molecule has 2 aliphatic heterocycles. The molecule has 2 fully saturated rings. The molecular weight excluding hydrogens is 226 g/mol. The molecule has 0 radical (unpaired) electrons. The van der Waals surface area contributed by atoms with Gasteiger partial charge in [0.2, 0.25) is 0 Å². The molecule has 2 N–H and O–H groups in total. The smallest absolute Gasteiger partial charge is 0.280 e. The summed E-state index contributed by atoms with van der Waals surface area (Å²) < 4.78 is 28.5. The van der Waals surface area contributed by atoms with Crippen LogP contribution < -0.4 is 10.0 Å². The maximum absolute atomic E-state index is 12.1. The van der Waals surface area contributed by atoms with E-state index in [1.54, 1.807) is 4.31 Å². The number of rotatable bonds is 0. The fourth-order valence-electron chi connectivity index (χ4n) is 2.96. The Labute approximate surface area is 97.8 Å². The van der Waals surface area contributed by atoms with Crippen LogP contribution in [0.4, 0.5) is 0 Å². The van der Waals surface area contributed by atoms with Crippen molar-refractivity contribution < 1.29 is 8.42 Å². The first-order valence-corrected chi connectivity index (χ1v) is 7.23. The summed E-state index contributed by atoms with van der Waals surface area (Å²) in [4.78, 5) is 0. The maximum Gasteiger partial charge on any atom is 0.280 e. The molecule has 6 heteroatoms. The van der Waals surface area contributed by atoms with Crippen molar-refractivity contribution in [1.82, 2.24) is 14.3 Å². The first-order valence-electron chi connectivity index (χ1n) is 5.79. The molecule has 0 aromatic heterocycles. The van der Waals surface area contributed by atoms with Crippen LogP contribution in [0.2, 0.25) is 0 Å². The van der Waals surface area contributed by atoms with E-state index >= 15 is 0 Å². The highest BCUT2D eigenvalue weighted by molar-refractivity contribution is 7.87. The predicted molar refractivity (Wildman–Crippen MR) is 63.3 cm³/mol. The molecule has 2 saturated heterocycles. The molecule has 94 valence electrons. The van der Waals surface area contributed by atoms with Crippen molar-refractivity contribution in [3.63, 3.8) is 0 Å². The minimum Gasteiger partial charge on any atom is -0.317 e. The Hall–Kier alpha value is -0.170. The van der Waals surface area contributed by atoms with Crippen LogP contribution in [0.25, 0.3) is 0 Å². The second-order valence-corrected chi connectivity index (χ2v) is 7.34. The Balaban J connectivity index is 2.40. The third-order valence-electron chi connectivity index (χ3n) is 3.40. The quantitative estimate of drug-likeness (QED) is 0.636. The molecule has 0 bridgehead atoms. The van der Waals surface area contributed by atoms with Crippen LogP contribution in [-0.2, 0) is 10.2 Å². The van der Waals surface area contributed by atoms with Crippen LogP contribution in [0.15, 0.2) is 0 Å². The topological polar surface area (TPSA) is 61.4 Å². The van der Waals surface area contributed by atoms with Gasteiger partial charge < -0.3 is 5.32 Å². The largest absolute Gasteiger partial charge is 0.317 e. The average Bonchev–Trinajstić information content (AvgIpc) is 2.38. The lowest BCUT2D eigenvalue weighted by molar-refractivity contribution is 0.0894. The Kier molecular flexibility index (Phi) is 2.81. The second-order valence-electron chi connectivity index (χ2n) is 5.74.